The van der Waals surface area contributed by atoms with E-state index in [9.17, 15) is 4.79 Å². The number of amides is 1. The summed E-state index contributed by atoms with van der Waals surface area (Å²) in [6.45, 7) is 6.47. The van der Waals surface area contributed by atoms with E-state index in [2.05, 4.69) is 17.1 Å². The minimum atomic E-state index is 0.159. The number of halogens is 1. The van der Waals surface area contributed by atoms with Gasteiger partial charge in [-0.1, -0.05) is 11.6 Å². The van der Waals surface area contributed by atoms with E-state index in [1.165, 1.54) is 5.69 Å². The molecular formula is C16H22ClN3O. The second-order valence-corrected chi connectivity index (χ2v) is 6.36. The fraction of sp³-hybridized carbons (Fsp3) is 0.562. The highest BCUT2D eigenvalue weighted by Gasteiger charge is 2.33. The van der Waals surface area contributed by atoms with Gasteiger partial charge in [0, 0.05) is 42.9 Å². The number of piperazine rings is 1. The number of rotatable bonds is 2. The first kappa shape index (κ1) is 14.7. The SMILES string of the molecule is CC1NCCC1C(=O)N1CCN(c2ccc(Cl)cc2)CC1. The maximum Gasteiger partial charge on any atom is 0.227 e. The standard InChI is InChI=1S/C16H22ClN3O/c1-12-15(6-7-18-12)16(21)20-10-8-19(9-11-20)14-4-2-13(17)3-5-14/h2-5,12,15,18H,6-11H2,1H3. The highest BCUT2D eigenvalue weighted by molar-refractivity contribution is 6.30. The summed E-state index contributed by atoms with van der Waals surface area (Å²) in [5.74, 6) is 0.482. The third kappa shape index (κ3) is 3.16. The molecule has 2 heterocycles. The van der Waals surface area contributed by atoms with Crippen LogP contribution in [-0.2, 0) is 4.79 Å². The van der Waals surface area contributed by atoms with Gasteiger partial charge in [0.15, 0.2) is 0 Å². The maximum absolute atomic E-state index is 12.5. The van der Waals surface area contributed by atoms with Crippen LogP contribution in [0.25, 0.3) is 0 Å². The van der Waals surface area contributed by atoms with Crippen LogP contribution >= 0.6 is 11.6 Å². The molecule has 0 aliphatic carbocycles. The Labute approximate surface area is 131 Å². The van der Waals surface area contributed by atoms with Gasteiger partial charge in [0.1, 0.15) is 0 Å². The summed E-state index contributed by atoms with van der Waals surface area (Å²) >= 11 is 5.92. The molecule has 0 radical (unpaired) electrons. The van der Waals surface area contributed by atoms with Crippen molar-refractivity contribution in [2.24, 2.45) is 5.92 Å². The molecule has 0 saturated carbocycles. The van der Waals surface area contributed by atoms with Crippen LogP contribution in [0.4, 0.5) is 5.69 Å². The molecule has 0 spiro atoms. The average molecular weight is 308 g/mol. The Morgan fingerprint density at radius 2 is 1.86 bits per heavy atom. The molecule has 3 rings (SSSR count). The zero-order valence-electron chi connectivity index (χ0n) is 12.4. The quantitative estimate of drug-likeness (QED) is 0.907. The van der Waals surface area contributed by atoms with Gasteiger partial charge in [-0.05, 0) is 44.2 Å². The predicted octanol–water partition coefficient (Wildman–Crippen LogP) is 1.99. The number of carbonyl (C=O) groups is 1. The lowest BCUT2D eigenvalue weighted by atomic mass is 10.00. The molecule has 1 aromatic carbocycles. The number of anilines is 1. The number of nitrogens with one attached hydrogen (secondary N) is 1. The summed E-state index contributed by atoms with van der Waals surface area (Å²) in [5, 5.41) is 4.12. The van der Waals surface area contributed by atoms with Crippen molar-refractivity contribution in [2.45, 2.75) is 19.4 Å². The lowest BCUT2D eigenvalue weighted by Crippen LogP contribution is -2.51. The zero-order chi connectivity index (χ0) is 14.8. The molecule has 5 heteroatoms. The van der Waals surface area contributed by atoms with E-state index >= 15 is 0 Å². The Morgan fingerprint density at radius 1 is 1.19 bits per heavy atom. The van der Waals surface area contributed by atoms with E-state index < -0.39 is 0 Å². The summed E-state index contributed by atoms with van der Waals surface area (Å²) in [6.07, 6.45) is 0.970. The van der Waals surface area contributed by atoms with Crippen molar-refractivity contribution < 1.29 is 4.79 Å². The molecule has 4 nitrogen and oxygen atoms in total. The molecule has 114 valence electrons. The normalized spacial score (nSPS) is 26.2. The molecule has 2 unspecified atom stereocenters. The van der Waals surface area contributed by atoms with Crippen molar-refractivity contribution in [3.63, 3.8) is 0 Å². The molecule has 0 aromatic heterocycles. The summed E-state index contributed by atoms with van der Waals surface area (Å²) in [6, 6.07) is 8.23. The smallest absolute Gasteiger partial charge is 0.227 e. The summed E-state index contributed by atoms with van der Waals surface area (Å²) in [7, 11) is 0. The van der Waals surface area contributed by atoms with Crippen LogP contribution in [0.5, 0.6) is 0 Å². The Balaban J connectivity index is 1.57. The third-order valence-electron chi connectivity index (χ3n) is 4.63. The van der Waals surface area contributed by atoms with Gasteiger partial charge in [-0.2, -0.15) is 0 Å². The van der Waals surface area contributed by atoms with Crippen molar-refractivity contribution in [3.8, 4) is 0 Å². The second-order valence-electron chi connectivity index (χ2n) is 5.93. The van der Waals surface area contributed by atoms with Crippen LogP contribution in [0.2, 0.25) is 5.02 Å². The van der Waals surface area contributed by atoms with Crippen molar-refractivity contribution in [2.75, 3.05) is 37.6 Å². The first-order valence-electron chi connectivity index (χ1n) is 7.68. The van der Waals surface area contributed by atoms with Crippen LogP contribution in [0.15, 0.2) is 24.3 Å². The lowest BCUT2D eigenvalue weighted by Gasteiger charge is -2.37. The molecule has 2 aliphatic rings. The van der Waals surface area contributed by atoms with E-state index in [1.807, 2.05) is 29.2 Å². The van der Waals surface area contributed by atoms with Crippen LogP contribution < -0.4 is 10.2 Å². The fourth-order valence-electron chi connectivity index (χ4n) is 3.27. The molecule has 0 bridgehead atoms. The summed E-state index contributed by atoms with van der Waals surface area (Å²) < 4.78 is 0. The van der Waals surface area contributed by atoms with Gasteiger partial charge in [-0.3, -0.25) is 4.79 Å². The summed E-state index contributed by atoms with van der Waals surface area (Å²) in [4.78, 5) is 16.9. The van der Waals surface area contributed by atoms with Crippen LogP contribution in [0.3, 0.4) is 0 Å². The van der Waals surface area contributed by atoms with Gasteiger partial charge in [-0.15, -0.1) is 0 Å². The van der Waals surface area contributed by atoms with E-state index in [0.29, 0.717) is 11.9 Å². The highest BCUT2D eigenvalue weighted by Crippen LogP contribution is 2.22. The van der Waals surface area contributed by atoms with Crippen LogP contribution in [0.1, 0.15) is 13.3 Å². The molecule has 1 amide bonds. The van der Waals surface area contributed by atoms with Crippen LogP contribution in [-0.4, -0.2) is 49.6 Å². The van der Waals surface area contributed by atoms with Crippen molar-refractivity contribution in [1.82, 2.24) is 10.2 Å². The van der Waals surface area contributed by atoms with Gasteiger partial charge in [0.05, 0.1) is 5.92 Å². The van der Waals surface area contributed by atoms with Gasteiger partial charge < -0.3 is 15.1 Å². The largest absolute Gasteiger partial charge is 0.368 e. The van der Waals surface area contributed by atoms with Crippen molar-refractivity contribution in [3.05, 3.63) is 29.3 Å². The van der Waals surface area contributed by atoms with Gasteiger partial charge in [0.2, 0.25) is 5.91 Å². The minimum Gasteiger partial charge on any atom is -0.368 e. The Morgan fingerprint density at radius 3 is 2.43 bits per heavy atom. The van der Waals surface area contributed by atoms with Gasteiger partial charge in [0.25, 0.3) is 0 Å². The van der Waals surface area contributed by atoms with Crippen LogP contribution in [0, 0.1) is 5.92 Å². The van der Waals surface area contributed by atoms with Crippen molar-refractivity contribution >= 4 is 23.2 Å². The predicted molar refractivity (Wildman–Crippen MR) is 85.8 cm³/mol. The van der Waals surface area contributed by atoms with E-state index in [0.717, 1.165) is 44.2 Å². The Kier molecular flexibility index (Phi) is 4.36. The molecule has 2 fully saturated rings. The van der Waals surface area contributed by atoms with E-state index in [-0.39, 0.29) is 5.92 Å². The number of hydrogen-bond acceptors (Lipinski definition) is 3. The molecule has 21 heavy (non-hydrogen) atoms. The molecule has 1 aromatic rings. The fourth-order valence-corrected chi connectivity index (χ4v) is 3.39. The number of hydrogen-bond donors (Lipinski definition) is 1. The molecule has 2 saturated heterocycles. The Hall–Kier alpha value is -1.26. The maximum atomic E-state index is 12.5. The average Bonchev–Trinajstić information content (AvgIpc) is 2.94. The minimum absolute atomic E-state index is 0.159. The highest BCUT2D eigenvalue weighted by atomic mass is 35.5. The van der Waals surface area contributed by atoms with Crippen molar-refractivity contribution in [1.29, 1.82) is 0 Å². The topological polar surface area (TPSA) is 35.6 Å². The summed E-state index contributed by atoms with van der Waals surface area (Å²) in [5.41, 5.74) is 1.18. The molecule has 2 atom stereocenters. The first-order valence-corrected chi connectivity index (χ1v) is 8.05. The Bertz CT molecular complexity index is 497. The molecular weight excluding hydrogens is 286 g/mol. The number of carbonyl (C=O) groups excluding carboxylic acids is 1. The van der Waals surface area contributed by atoms with E-state index in [1.54, 1.807) is 0 Å². The third-order valence-corrected chi connectivity index (χ3v) is 4.88. The molecule has 2 aliphatic heterocycles. The van der Waals surface area contributed by atoms with E-state index in [4.69, 9.17) is 11.6 Å². The monoisotopic (exact) mass is 307 g/mol. The number of nitrogens with zero attached hydrogens (tertiary/aromatic N) is 2. The zero-order valence-corrected chi connectivity index (χ0v) is 13.1. The number of benzene rings is 1. The van der Waals surface area contributed by atoms with Gasteiger partial charge >= 0.3 is 0 Å². The molecule has 1 N–H and O–H groups in total. The van der Waals surface area contributed by atoms with Gasteiger partial charge in [-0.25, -0.2) is 0 Å². The lowest BCUT2D eigenvalue weighted by molar-refractivity contribution is -0.136. The first-order chi connectivity index (χ1) is 10.1. The second kappa shape index (κ2) is 6.24.